The van der Waals surface area contributed by atoms with Crippen molar-refractivity contribution < 1.29 is 9.18 Å². The second-order valence-corrected chi connectivity index (χ2v) is 7.26. The van der Waals surface area contributed by atoms with Gasteiger partial charge in [0.25, 0.3) is 0 Å². The number of hydrazone groups is 1. The van der Waals surface area contributed by atoms with Gasteiger partial charge in [0, 0.05) is 22.3 Å². The molecule has 0 saturated heterocycles. The van der Waals surface area contributed by atoms with Gasteiger partial charge in [-0.3, -0.25) is 4.79 Å². The van der Waals surface area contributed by atoms with Crippen LogP contribution in [0.2, 0.25) is 0 Å². The van der Waals surface area contributed by atoms with E-state index in [1.165, 1.54) is 22.9 Å². The maximum Gasteiger partial charge on any atom is 0.244 e. The van der Waals surface area contributed by atoms with Crippen LogP contribution in [0.15, 0.2) is 77.9 Å². The van der Waals surface area contributed by atoms with Crippen LogP contribution in [0.25, 0.3) is 16.5 Å². The highest BCUT2D eigenvalue weighted by Gasteiger charge is 2.12. The lowest BCUT2D eigenvalue weighted by Crippen LogP contribution is -2.19. The van der Waals surface area contributed by atoms with E-state index in [1.54, 1.807) is 18.3 Å². The van der Waals surface area contributed by atoms with Crippen LogP contribution < -0.4 is 5.43 Å². The molecule has 0 atom stereocenters. The Bertz CT molecular complexity index is 1230. The Hall–Kier alpha value is -3.73. The third kappa shape index (κ3) is 4.01. The van der Waals surface area contributed by atoms with Crippen molar-refractivity contribution in [1.82, 2.24) is 9.99 Å². The molecule has 150 valence electrons. The van der Waals surface area contributed by atoms with Crippen molar-refractivity contribution in [2.45, 2.75) is 20.3 Å². The quantitative estimate of drug-likeness (QED) is 0.369. The molecular weight excluding hydrogens is 377 g/mol. The molecule has 0 saturated carbocycles. The van der Waals surface area contributed by atoms with Crippen LogP contribution in [-0.4, -0.2) is 16.7 Å². The minimum absolute atomic E-state index is 0.145. The van der Waals surface area contributed by atoms with Crippen LogP contribution in [0.3, 0.4) is 0 Å². The van der Waals surface area contributed by atoms with Crippen molar-refractivity contribution in [1.29, 1.82) is 0 Å². The Kier molecular flexibility index (Phi) is 5.44. The van der Waals surface area contributed by atoms with Crippen molar-refractivity contribution in [2.75, 3.05) is 0 Å². The van der Waals surface area contributed by atoms with E-state index in [-0.39, 0.29) is 18.1 Å². The van der Waals surface area contributed by atoms with Crippen molar-refractivity contribution in [3.05, 3.63) is 101 Å². The first kappa shape index (κ1) is 19.6. The van der Waals surface area contributed by atoms with E-state index in [0.29, 0.717) is 0 Å². The lowest BCUT2D eigenvalue weighted by Gasteiger charge is -2.12. The van der Waals surface area contributed by atoms with E-state index < -0.39 is 0 Å². The molecule has 0 bridgehead atoms. The average molecular weight is 399 g/mol. The number of aromatic nitrogens is 1. The molecule has 0 aliphatic rings. The van der Waals surface area contributed by atoms with Gasteiger partial charge in [0.05, 0.1) is 18.3 Å². The van der Waals surface area contributed by atoms with Crippen LogP contribution in [0.5, 0.6) is 0 Å². The van der Waals surface area contributed by atoms with E-state index in [9.17, 15) is 9.18 Å². The number of nitrogens with one attached hydrogen (secondary N) is 1. The third-order valence-electron chi connectivity index (χ3n) is 5.15. The Balaban J connectivity index is 1.53. The number of rotatable bonds is 5. The monoisotopic (exact) mass is 399 g/mol. The SMILES string of the molecule is Cc1cc(/C=N/NC(=O)Cc2ccc(F)cc2)c(C)n1-c1cccc2ccccc12. The maximum atomic E-state index is 13.0. The Morgan fingerprint density at radius 1 is 1.03 bits per heavy atom. The number of carbonyl (C=O) groups excluding carboxylic acids is 1. The first-order chi connectivity index (χ1) is 14.5. The lowest BCUT2D eigenvalue weighted by atomic mass is 10.1. The van der Waals surface area contributed by atoms with Gasteiger partial charge in [0.1, 0.15) is 5.82 Å². The second kappa shape index (κ2) is 8.33. The molecule has 3 aromatic carbocycles. The number of aryl methyl sites for hydroxylation is 1. The van der Waals surface area contributed by atoms with Gasteiger partial charge >= 0.3 is 0 Å². The molecule has 0 aliphatic carbocycles. The number of hydrogen-bond acceptors (Lipinski definition) is 2. The second-order valence-electron chi connectivity index (χ2n) is 7.26. The molecule has 1 N–H and O–H groups in total. The molecule has 4 rings (SSSR count). The molecule has 0 unspecified atom stereocenters. The molecular formula is C25H22FN3O. The highest BCUT2D eigenvalue weighted by molar-refractivity contribution is 5.91. The first-order valence-electron chi connectivity index (χ1n) is 9.76. The minimum Gasteiger partial charge on any atom is -0.317 e. The standard InChI is InChI=1S/C25H22FN3O/c1-17-14-21(16-27-28-25(30)15-19-10-12-22(26)13-11-19)18(2)29(17)24-9-5-7-20-6-3-4-8-23(20)24/h3-14,16H,15H2,1-2H3,(H,28,30)/b27-16+. The summed E-state index contributed by atoms with van der Waals surface area (Å²) >= 11 is 0. The number of amides is 1. The van der Waals surface area contributed by atoms with E-state index in [2.05, 4.69) is 52.3 Å². The summed E-state index contributed by atoms with van der Waals surface area (Å²) in [7, 11) is 0. The summed E-state index contributed by atoms with van der Waals surface area (Å²) in [4.78, 5) is 12.1. The normalized spacial score (nSPS) is 11.3. The molecule has 0 radical (unpaired) electrons. The predicted molar refractivity (Wildman–Crippen MR) is 119 cm³/mol. The van der Waals surface area contributed by atoms with Crippen LogP contribution >= 0.6 is 0 Å². The van der Waals surface area contributed by atoms with E-state index >= 15 is 0 Å². The van der Waals surface area contributed by atoms with Crippen LogP contribution in [0.1, 0.15) is 22.5 Å². The van der Waals surface area contributed by atoms with Crippen LogP contribution in [0.4, 0.5) is 4.39 Å². The van der Waals surface area contributed by atoms with Crippen LogP contribution in [-0.2, 0) is 11.2 Å². The zero-order valence-corrected chi connectivity index (χ0v) is 16.9. The molecule has 1 heterocycles. The molecule has 4 aromatic rings. The smallest absolute Gasteiger partial charge is 0.244 e. The fourth-order valence-electron chi connectivity index (χ4n) is 3.69. The average Bonchev–Trinajstić information content (AvgIpc) is 3.02. The summed E-state index contributed by atoms with van der Waals surface area (Å²) in [5.74, 6) is -0.570. The highest BCUT2D eigenvalue weighted by Crippen LogP contribution is 2.26. The van der Waals surface area contributed by atoms with Gasteiger partial charge in [0.15, 0.2) is 0 Å². The minimum atomic E-state index is -0.321. The van der Waals surface area contributed by atoms with Gasteiger partial charge in [-0.1, -0.05) is 48.5 Å². The van der Waals surface area contributed by atoms with Gasteiger partial charge in [-0.15, -0.1) is 0 Å². The van der Waals surface area contributed by atoms with Gasteiger partial charge in [-0.2, -0.15) is 5.10 Å². The molecule has 4 nitrogen and oxygen atoms in total. The fraction of sp³-hybridized carbons (Fsp3) is 0.120. The Morgan fingerprint density at radius 2 is 1.77 bits per heavy atom. The number of carbonyl (C=O) groups is 1. The Labute approximate surface area is 174 Å². The molecule has 30 heavy (non-hydrogen) atoms. The molecule has 1 amide bonds. The van der Waals surface area contributed by atoms with Gasteiger partial charge in [0.2, 0.25) is 5.91 Å². The highest BCUT2D eigenvalue weighted by atomic mass is 19.1. The summed E-state index contributed by atoms with van der Waals surface area (Å²) in [6.07, 6.45) is 1.80. The molecule has 1 aromatic heterocycles. The summed E-state index contributed by atoms with van der Waals surface area (Å²) in [6.45, 7) is 4.09. The fourth-order valence-corrected chi connectivity index (χ4v) is 3.69. The molecule has 0 fully saturated rings. The number of hydrogen-bond donors (Lipinski definition) is 1. The largest absolute Gasteiger partial charge is 0.317 e. The van der Waals surface area contributed by atoms with E-state index in [4.69, 9.17) is 0 Å². The van der Waals surface area contributed by atoms with Crippen LogP contribution in [0, 0.1) is 19.7 Å². The third-order valence-corrected chi connectivity index (χ3v) is 5.15. The predicted octanol–water partition coefficient (Wildman–Crippen LogP) is 5.08. The van der Waals surface area contributed by atoms with Crippen molar-refractivity contribution >= 4 is 22.9 Å². The van der Waals surface area contributed by atoms with E-state index in [0.717, 1.165) is 28.2 Å². The topological polar surface area (TPSA) is 46.4 Å². The summed E-state index contributed by atoms with van der Waals surface area (Å²) < 4.78 is 15.2. The summed E-state index contributed by atoms with van der Waals surface area (Å²) in [5.41, 5.74) is 7.46. The van der Waals surface area contributed by atoms with E-state index in [1.807, 2.05) is 25.1 Å². The van der Waals surface area contributed by atoms with Gasteiger partial charge in [-0.25, -0.2) is 9.82 Å². The zero-order chi connectivity index (χ0) is 21.1. The molecule has 0 spiro atoms. The molecule has 0 aliphatic heterocycles. The van der Waals surface area contributed by atoms with Crippen molar-refractivity contribution in [3.63, 3.8) is 0 Å². The zero-order valence-electron chi connectivity index (χ0n) is 16.9. The number of halogens is 1. The van der Waals surface area contributed by atoms with Gasteiger partial charge < -0.3 is 4.57 Å². The number of benzene rings is 3. The maximum absolute atomic E-state index is 13.0. The van der Waals surface area contributed by atoms with Crippen molar-refractivity contribution in [2.24, 2.45) is 5.10 Å². The Morgan fingerprint density at radius 3 is 2.57 bits per heavy atom. The molecule has 5 heteroatoms. The first-order valence-corrected chi connectivity index (χ1v) is 9.76. The summed E-state index contributed by atoms with van der Waals surface area (Å²) in [6, 6.07) is 22.5. The van der Waals surface area contributed by atoms with Crippen molar-refractivity contribution in [3.8, 4) is 5.69 Å². The summed E-state index contributed by atoms with van der Waals surface area (Å²) in [5, 5.41) is 6.48. The number of nitrogens with zero attached hydrogens (tertiary/aromatic N) is 2. The van der Waals surface area contributed by atoms with Gasteiger partial charge in [-0.05, 0) is 49.1 Å². The lowest BCUT2D eigenvalue weighted by molar-refractivity contribution is -0.120. The number of fused-ring (bicyclic) bond motifs is 1.